The van der Waals surface area contributed by atoms with Crippen LogP contribution in [0.1, 0.15) is 19.4 Å². The minimum Gasteiger partial charge on any atom is -0.450 e. The number of rotatable bonds is 5. The van der Waals surface area contributed by atoms with E-state index in [9.17, 15) is 14.9 Å². The van der Waals surface area contributed by atoms with Gasteiger partial charge in [-0.3, -0.25) is 10.1 Å². The molecule has 1 aromatic carbocycles. The van der Waals surface area contributed by atoms with Gasteiger partial charge in [-0.15, -0.1) is 0 Å². The fraction of sp³-hybridized carbons (Fsp3) is 0.529. The van der Waals surface area contributed by atoms with Crippen LogP contribution >= 0.6 is 0 Å². The second kappa shape index (κ2) is 9.59. The number of hydrogen-bond donors (Lipinski definition) is 1. The molecule has 0 bridgehead atoms. The lowest BCUT2D eigenvalue weighted by Crippen LogP contribution is -2.53. The van der Waals surface area contributed by atoms with Crippen molar-refractivity contribution in [1.29, 1.82) is 0 Å². The van der Waals surface area contributed by atoms with E-state index in [2.05, 4.69) is 15.2 Å². The van der Waals surface area contributed by atoms with E-state index >= 15 is 0 Å². The average molecular weight is 363 g/mol. The van der Waals surface area contributed by atoms with E-state index in [0.29, 0.717) is 45.9 Å². The van der Waals surface area contributed by atoms with Gasteiger partial charge in [0.05, 0.1) is 18.1 Å². The molecule has 1 aliphatic heterocycles. The van der Waals surface area contributed by atoms with E-state index in [1.54, 1.807) is 17.9 Å². The number of ether oxygens (including phenoxy) is 1. The van der Waals surface area contributed by atoms with Crippen LogP contribution in [0.3, 0.4) is 0 Å². The molecule has 9 nitrogen and oxygen atoms in total. The minimum absolute atomic E-state index is 0.0609. The number of non-ortho nitro benzene ring substituents is 1. The van der Waals surface area contributed by atoms with Crippen LogP contribution in [-0.4, -0.2) is 66.1 Å². The molecule has 2 rings (SSSR count). The maximum Gasteiger partial charge on any atom is 0.409 e. The summed E-state index contributed by atoms with van der Waals surface area (Å²) in [5.41, 5.74) is 0.838. The molecular formula is C17H25N5O4. The van der Waals surface area contributed by atoms with Crippen molar-refractivity contribution in [2.24, 2.45) is 4.99 Å². The standard InChI is InChI=1S/C17H25N5O4/c1-3-18-16(19-13-14-6-5-7-15(12-14)22(24)25)20-8-10-21(11-9-20)17(23)26-4-2/h5-7,12H,3-4,8-11,13H2,1-2H3,(H,18,19). The summed E-state index contributed by atoms with van der Waals surface area (Å²) in [7, 11) is 0. The van der Waals surface area contributed by atoms with Gasteiger partial charge >= 0.3 is 6.09 Å². The number of guanidine groups is 1. The van der Waals surface area contributed by atoms with Crippen LogP contribution in [0, 0.1) is 10.1 Å². The van der Waals surface area contributed by atoms with Gasteiger partial charge in [0.25, 0.3) is 5.69 Å². The van der Waals surface area contributed by atoms with Crippen LogP contribution in [-0.2, 0) is 11.3 Å². The molecule has 1 aromatic rings. The zero-order valence-electron chi connectivity index (χ0n) is 15.2. The molecule has 1 amide bonds. The fourth-order valence-electron chi connectivity index (χ4n) is 2.68. The SMILES string of the molecule is CCNC(=NCc1cccc([N+](=O)[O-])c1)N1CCN(C(=O)OCC)CC1. The number of carbonyl (C=O) groups is 1. The summed E-state index contributed by atoms with van der Waals surface area (Å²) in [6, 6.07) is 6.48. The number of benzene rings is 1. The van der Waals surface area contributed by atoms with Crippen LogP contribution in [0.15, 0.2) is 29.3 Å². The highest BCUT2D eigenvalue weighted by Gasteiger charge is 2.23. The predicted octanol–water partition coefficient (Wildman–Crippen LogP) is 1.83. The van der Waals surface area contributed by atoms with Crippen molar-refractivity contribution >= 4 is 17.7 Å². The Morgan fingerprint density at radius 3 is 2.58 bits per heavy atom. The van der Waals surface area contributed by atoms with E-state index in [0.717, 1.165) is 11.5 Å². The number of amides is 1. The number of piperazine rings is 1. The van der Waals surface area contributed by atoms with Crippen LogP contribution in [0.4, 0.5) is 10.5 Å². The smallest absolute Gasteiger partial charge is 0.409 e. The highest BCUT2D eigenvalue weighted by Crippen LogP contribution is 2.14. The van der Waals surface area contributed by atoms with Crippen LogP contribution < -0.4 is 5.32 Å². The Hall–Kier alpha value is -2.84. The third-order valence-corrected chi connectivity index (χ3v) is 3.97. The summed E-state index contributed by atoms with van der Waals surface area (Å²) in [6.45, 7) is 7.65. The molecule has 142 valence electrons. The lowest BCUT2D eigenvalue weighted by Gasteiger charge is -2.35. The summed E-state index contributed by atoms with van der Waals surface area (Å²) in [6.07, 6.45) is -0.286. The topological polar surface area (TPSA) is 100 Å². The van der Waals surface area contributed by atoms with Crippen molar-refractivity contribution in [3.05, 3.63) is 39.9 Å². The van der Waals surface area contributed by atoms with E-state index in [4.69, 9.17) is 4.74 Å². The molecule has 1 fully saturated rings. The summed E-state index contributed by atoms with van der Waals surface area (Å²) >= 11 is 0. The Labute approximate surface area is 152 Å². The first kappa shape index (κ1) is 19.5. The van der Waals surface area contributed by atoms with Crippen LogP contribution in [0.5, 0.6) is 0 Å². The third-order valence-electron chi connectivity index (χ3n) is 3.97. The number of nitro benzene ring substituents is 1. The van der Waals surface area contributed by atoms with Crippen LogP contribution in [0.2, 0.25) is 0 Å². The lowest BCUT2D eigenvalue weighted by molar-refractivity contribution is -0.384. The molecule has 0 aromatic heterocycles. The molecule has 0 unspecified atom stereocenters. The summed E-state index contributed by atoms with van der Waals surface area (Å²) in [5, 5.41) is 14.1. The first-order valence-corrected chi connectivity index (χ1v) is 8.73. The van der Waals surface area contributed by atoms with Gasteiger partial charge in [-0.25, -0.2) is 9.79 Å². The molecule has 1 saturated heterocycles. The Bertz CT molecular complexity index is 656. The summed E-state index contributed by atoms with van der Waals surface area (Å²) in [5.74, 6) is 0.738. The second-order valence-corrected chi connectivity index (χ2v) is 5.77. The maximum absolute atomic E-state index is 11.8. The first-order chi connectivity index (χ1) is 12.5. The zero-order valence-corrected chi connectivity index (χ0v) is 15.2. The van der Waals surface area contributed by atoms with Gasteiger partial charge in [0.2, 0.25) is 0 Å². The first-order valence-electron chi connectivity index (χ1n) is 8.73. The molecule has 1 heterocycles. The molecule has 1 N–H and O–H groups in total. The van der Waals surface area contributed by atoms with Crippen molar-refractivity contribution in [3.63, 3.8) is 0 Å². The molecule has 0 aliphatic carbocycles. The van der Waals surface area contributed by atoms with E-state index in [-0.39, 0.29) is 11.8 Å². The van der Waals surface area contributed by atoms with Gasteiger partial charge in [0.15, 0.2) is 5.96 Å². The maximum atomic E-state index is 11.8. The Balaban J connectivity index is 2.00. The fourth-order valence-corrected chi connectivity index (χ4v) is 2.68. The normalized spacial score (nSPS) is 14.9. The van der Waals surface area contributed by atoms with Gasteiger partial charge in [-0.05, 0) is 19.4 Å². The van der Waals surface area contributed by atoms with Gasteiger partial charge in [0.1, 0.15) is 0 Å². The molecule has 0 atom stereocenters. The molecule has 9 heteroatoms. The second-order valence-electron chi connectivity index (χ2n) is 5.77. The molecule has 26 heavy (non-hydrogen) atoms. The number of carbonyl (C=O) groups excluding carboxylic acids is 1. The lowest BCUT2D eigenvalue weighted by atomic mass is 10.2. The predicted molar refractivity (Wildman–Crippen MR) is 98.1 cm³/mol. The van der Waals surface area contributed by atoms with Crippen molar-refractivity contribution in [1.82, 2.24) is 15.1 Å². The van der Waals surface area contributed by atoms with Crippen molar-refractivity contribution in [2.75, 3.05) is 39.3 Å². The number of nitrogens with one attached hydrogen (secondary N) is 1. The Morgan fingerprint density at radius 1 is 1.27 bits per heavy atom. The van der Waals surface area contributed by atoms with E-state index in [1.165, 1.54) is 12.1 Å². The van der Waals surface area contributed by atoms with Crippen molar-refractivity contribution < 1.29 is 14.5 Å². The van der Waals surface area contributed by atoms with E-state index < -0.39 is 4.92 Å². The van der Waals surface area contributed by atoms with Gasteiger partial charge in [0, 0.05) is 44.9 Å². The largest absolute Gasteiger partial charge is 0.450 e. The highest BCUT2D eigenvalue weighted by atomic mass is 16.6. The highest BCUT2D eigenvalue weighted by molar-refractivity contribution is 5.80. The molecule has 0 saturated carbocycles. The quantitative estimate of drug-likeness (QED) is 0.371. The number of aliphatic imine (C=N–C) groups is 1. The zero-order chi connectivity index (χ0) is 18.9. The monoisotopic (exact) mass is 363 g/mol. The number of hydrogen-bond acceptors (Lipinski definition) is 5. The van der Waals surface area contributed by atoms with Gasteiger partial charge < -0.3 is 19.9 Å². The summed E-state index contributed by atoms with van der Waals surface area (Å²) in [4.78, 5) is 30.6. The van der Waals surface area contributed by atoms with Crippen molar-refractivity contribution in [3.8, 4) is 0 Å². The number of nitro groups is 1. The van der Waals surface area contributed by atoms with Gasteiger partial charge in [-0.2, -0.15) is 0 Å². The molecular weight excluding hydrogens is 338 g/mol. The molecule has 0 radical (unpaired) electrons. The molecule has 0 spiro atoms. The Kier molecular flexibility index (Phi) is 7.19. The average Bonchev–Trinajstić information content (AvgIpc) is 2.65. The van der Waals surface area contributed by atoms with E-state index in [1.807, 2.05) is 13.0 Å². The third kappa shape index (κ3) is 5.33. The molecule has 1 aliphatic rings. The Morgan fingerprint density at radius 2 is 1.96 bits per heavy atom. The minimum atomic E-state index is -0.410. The summed E-state index contributed by atoms with van der Waals surface area (Å²) < 4.78 is 5.03. The van der Waals surface area contributed by atoms with Crippen molar-refractivity contribution in [2.45, 2.75) is 20.4 Å². The van der Waals surface area contributed by atoms with Crippen LogP contribution in [0.25, 0.3) is 0 Å². The van der Waals surface area contributed by atoms with Gasteiger partial charge in [-0.1, -0.05) is 12.1 Å². The number of nitrogens with zero attached hydrogens (tertiary/aromatic N) is 4.